The molecule has 35 heavy (non-hydrogen) atoms. The SMILES string of the molecule is Cc1ccc(C2=NS(=O)(=O)N(C)C(C(=O)Nc3cc(C)n(CC(=O)N4CCCC[C@H]4C)n3)=C2)cc1. The van der Waals surface area contributed by atoms with Crippen molar-refractivity contribution in [3.05, 3.63) is 58.9 Å². The van der Waals surface area contributed by atoms with Gasteiger partial charge in [-0.25, -0.2) is 4.31 Å². The average molecular weight is 499 g/mol. The summed E-state index contributed by atoms with van der Waals surface area (Å²) in [7, 11) is -2.80. The van der Waals surface area contributed by atoms with Crippen LogP contribution in [0.5, 0.6) is 0 Å². The Morgan fingerprint density at radius 2 is 1.86 bits per heavy atom. The Hall–Kier alpha value is -3.47. The largest absolute Gasteiger partial charge is 0.345 e. The molecule has 1 aromatic heterocycles. The molecule has 11 heteroatoms. The van der Waals surface area contributed by atoms with Crippen LogP contribution < -0.4 is 5.32 Å². The third-order valence-electron chi connectivity index (χ3n) is 6.38. The highest BCUT2D eigenvalue weighted by Gasteiger charge is 2.30. The number of benzene rings is 1. The van der Waals surface area contributed by atoms with Crippen LogP contribution in [0.2, 0.25) is 0 Å². The van der Waals surface area contributed by atoms with Gasteiger partial charge in [0.2, 0.25) is 5.91 Å². The van der Waals surface area contributed by atoms with Crippen LogP contribution in [0.15, 0.2) is 46.5 Å². The molecule has 0 bridgehead atoms. The highest BCUT2D eigenvalue weighted by molar-refractivity contribution is 7.88. The molecular formula is C24H30N6O4S. The van der Waals surface area contributed by atoms with Gasteiger partial charge in [-0.05, 0) is 46.1 Å². The van der Waals surface area contributed by atoms with Crippen LogP contribution in [-0.4, -0.2) is 64.6 Å². The Labute approximate surface area is 205 Å². The van der Waals surface area contributed by atoms with Crippen LogP contribution in [0.4, 0.5) is 5.82 Å². The van der Waals surface area contributed by atoms with Gasteiger partial charge in [0, 0.05) is 37.0 Å². The van der Waals surface area contributed by atoms with Crippen molar-refractivity contribution in [1.29, 1.82) is 0 Å². The zero-order valence-electron chi connectivity index (χ0n) is 20.4. The molecule has 2 aliphatic heterocycles. The maximum absolute atomic E-state index is 13.1. The Balaban J connectivity index is 1.52. The summed E-state index contributed by atoms with van der Waals surface area (Å²) in [5, 5.41) is 7.02. The smallest absolute Gasteiger partial charge is 0.338 e. The molecule has 10 nitrogen and oxygen atoms in total. The number of likely N-dealkylation sites (tertiary alicyclic amines) is 1. The number of anilines is 1. The number of nitrogens with zero attached hydrogens (tertiary/aromatic N) is 5. The van der Waals surface area contributed by atoms with Crippen molar-refractivity contribution in [2.75, 3.05) is 18.9 Å². The summed E-state index contributed by atoms with van der Waals surface area (Å²) in [6.45, 7) is 6.59. The normalized spacial score (nSPS) is 19.7. The quantitative estimate of drug-likeness (QED) is 0.679. The van der Waals surface area contributed by atoms with Crippen molar-refractivity contribution >= 4 is 33.6 Å². The Morgan fingerprint density at radius 3 is 2.54 bits per heavy atom. The van der Waals surface area contributed by atoms with Gasteiger partial charge in [0.25, 0.3) is 5.91 Å². The van der Waals surface area contributed by atoms with E-state index in [-0.39, 0.29) is 35.7 Å². The molecule has 0 spiro atoms. The van der Waals surface area contributed by atoms with Crippen molar-refractivity contribution in [1.82, 2.24) is 19.0 Å². The van der Waals surface area contributed by atoms with E-state index >= 15 is 0 Å². The molecule has 1 fully saturated rings. The summed E-state index contributed by atoms with van der Waals surface area (Å²) in [4.78, 5) is 27.7. The zero-order chi connectivity index (χ0) is 25.3. The van der Waals surface area contributed by atoms with Crippen molar-refractivity contribution < 1.29 is 18.0 Å². The molecule has 1 aromatic carbocycles. The molecule has 4 rings (SSSR count). The summed E-state index contributed by atoms with van der Waals surface area (Å²) in [6, 6.07) is 9.05. The van der Waals surface area contributed by atoms with Gasteiger partial charge in [0.05, 0.1) is 5.71 Å². The first-order valence-electron chi connectivity index (χ1n) is 11.6. The molecule has 0 unspecified atom stereocenters. The number of piperidine rings is 1. The predicted molar refractivity (Wildman–Crippen MR) is 133 cm³/mol. The lowest BCUT2D eigenvalue weighted by atomic mass is 10.0. The van der Waals surface area contributed by atoms with Crippen LogP contribution in [-0.2, 0) is 26.3 Å². The monoisotopic (exact) mass is 498 g/mol. The van der Waals surface area contributed by atoms with Gasteiger partial charge in [0.15, 0.2) is 5.82 Å². The minimum absolute atomic E-state index is 0.0129. The van der Waals surface area contributed by atoms with E-state index < -0.39 is 16.1 Å². The molecule has 0 saturated carbocycles. The van der Waals surface area contributed by atoms with Gasteiger partial charge in [-0.15, -0.1) is 4.40 Å². The average Bonchev–Trinajstić information content (AvgIpc) is 3.14. The van der Waals surface area contributed by atoms with Crippen LogP contribution in [0.1, 0.15) is 43.0 Å². The number of likely N-dealkylation sites (N-methyl/N-ethyl adjacent to an activating group) is 1. The topological polar surface area (TPSA) is 117 Å². The van der Waals surface area contributed by atoms with Crippen LogP contribution in [0, 0.1) is 13.8 Å². The van der Waals surface area contributed by atoms with E-state index in [9.17, 15) is 18.0 Å². The Bertz CT molecular complexity index is 1310. The molecular weight excluding hydrogens is 468 g/mol. The molecule has 3 heterocycles. The van der Waals surface area contributed by atoms with Gasteiger partial charge < -0.3 is 10.2 Å². The molecule has 0 aliphatic carbocycles. The third kappa shape index (κ3) is 5.29. The molecule has 1 N–H and O–H groups in total. The fraction of sp³-hybridized carbons (Fsp3) is 0.417. The van der Waals surface area contributed by atoms with Gasteiger partial charge in [-0.1, -0.05) is 29.8 Å². The first-order chi connectivity index (χ1) is 16.5. The standard InChI is InChI=1S/C24H30N6O4S/c1-16-8-10-19(11-9-16)20-14-21(28(4)35(33,34)27-20)24(32)25-22-13-18(3)30(26-22)15-23(31)29-12-6-5-7-17(29)2/h8-11,13-14,17H,5-7,12,15H2,1-4H3,(H,25,26,32)/t17-/m1/s1. The summed E-state index contributed by atoms with van der Waals surface area (Å²) in [6.07, 6.45) is 4.55. The number of aromatic nitrogens is 2. The summed E-state index contributed by atoms with van der Waals surface area (Å²) in [5.74, 6) is -0.421. The van der Waals surface area contributed by atoms with Crippen LogP contribution in [0.3, 0.4) is 0 Å². The Morgan fingerprint density at radius 1 is 1.14 bits per heavy atom. The second kappa shape index (κ2) is 9.65. The van der Waals surface area contributed by atoms with E-state index in [0.29, 0.717) is 11.3 Å². The molecule has 1 atom stereocenters. The number of hydrogen-bond donors (Lipinski definition) is 1. The summed E-state index contributed by atoms with van der Waals surface area (Å²) in [5.41, 5.74) is 2.41. The van der Waals surface area contributed by atoms with Crippen molar-refractivity contribution in [2.45, 2.75) is 52.6 Å². The first kappa shape index (κ1) is 24.6. The second-order valence-corrected chi connectivity index (χ2v) is 10.7. The van der Waals surface area contributed by atoms with Crippen LogP contribution >= 0.6 is 0 Å². The first-order valence-corrected chi connectivity index (χ1v) is 13.0. The highest BCUT2D eigenvalue weighted by atomic mass is 32.2. The van der Waals surface area contributed by atoms with Gasteiger partial charge >= 0.3 is 10.2 Å². The van der Waals surface area contributed by atoms with Crippen molar-refractivity contribution in [3.63, 3.8) is 0 Å². The maximum Gasteiger partial charge on any atom is 0.345 e. The van der Waals surface area contributed by atoms with Crippen molar-refractivity contribution in [2.24, 2.45) is 4.40 Å². The number of rotatable bonds is 5. The molecule has 186 valence electrons. The number of allylic oxidation sites excluding steroid dienone is 1. The van der Waals surface area contributed by atoms with Gasteiger partial charge in [-0.3, -0.25) is 14.3 Å². The molecule has 1 saturated heterocycles. The van der Waals surface area contributed by atoms with Gasteiger partial charge in [-0.2, -0.15) is 13.5 Å². The van der Waals surface area contributed by atoms with E-state index in [0.717, 1.165) is 35.7 Å². The fourth-order valence-electron chi connectivity index (χ4n) is 4.22. The lowest BCUT2D eigenvalue weighted by Crippen LogP contribution is -2.43. The minimum atomic E-state index is -4.08. The van der Waals surface area contributed by atoms with E-state index in [1.54, 1.807) is 29.8 Å². The number of aryl methyl sites for hydroxylation is 2. The summed E-state index contributed by atoms with van der Waals surface area (Å²) < 4.78 is 31.4. The maximum atomic E-state index is 13.1. The predicted octanol–water partition coefficient (Wildman–Crippen LogP) is 2.40. The minimum Gasteiger partial charge on any atom is -0.338 e. The summed E-state index contributed by atoms with van der Waals surface area (Å²) >= 11 is 0. The van der Waals surface area contributed by atoms with E-state index in [1.807, 2.05) is 24.0 Å². The number of hydrogen-bond acceptors (Lipinski definition) is 5. The van der Waals surface area contributed by atoms with E-state index in [4.69, 9.17) is 0 Å². The molecule has 0 radical (unpaired) electrons. The third-order valence-corrected chi connectivity index (χ3v) is 7.70. The fourth-order valence-corrected chi connectivity index (χ4v) is 5.14. The molecule has 2 aliphatic rings. The molecule has 2 amide bonds. The number of carbonyl (C=O) groups excluding carboxylic acids is 2. The van der Waals surface area contributed by atoms with Crippen molar-refractivity contribution in [3.8, 4) is 0 Å². The number of nitrogens with one attached hydrogen (secondary N) is 1. The number of amides is 2. The number of carbonyl (C=O) groups is 2. The second-order valence-electron chi connectivity index (χ2n) is 9.03. The zero-order valence-corrected chi connectivity index (χ0v) is 21.2. The highest BCUT2D eigenvalue weighted by Crippen LogP contribution is 2.22. The lowest BCUT2D eigenvalue weighted by Gasteiger charge is -2.33. The molecule has 2 aromatic rings. The van der Waals surface area contributed by atoms with E-state index in [2.05, 4.69) is 21.7 Å². The van der Waals surface area contributed by atoms with Crippen LogP contribution in [0.25, 0.3) is 0 Å². The van der Waals surface area contributed by atoms with Gasteiger partial charge in [0.1, 0.15) is 12.2 Å². The lowest BCUT2D eigenvalue weighted by molar-refractivity contribution is -0.135. The van der Waals surface area contributed by atoms with E-state index in [1.165, 1.54) is 13.1 Å². The Kier molecular flexibility index (Phi) is 6.79.